The Morgan fingerprint density at radius 1 is 1.30 bits per heavy atom. The van der Waals surface area contributed by atoms with Crippen LogP contribution in [0.2, 0.25) is 0 Å². The van der Waals surface area contributed by atoms with Crippen LogP contribution in [0.1, 0.15) is 31.4 Å². The van der Waals surface area contributed by atoms with Crippen LogP contribution in [-0.2, 0) is 4.74 Å². The minimum atomic E-state index is -0.472. The van der Waals surface area contributed by atoms with Gasteiger partial charge in [-0.3, -0.25) is 4.90 Å². The summed E-state index contributed by atoms with van der Waals surface area (Å²) >= 11 is 0. The number of likely N-dealkylation sites (tertiary alicyclic amines) is 1. The first-order valence-corrected chi connectivity index (χ1v) is 7.16. The SMILES string of the molecule is COc1ccc(C(O)CN2CCCC(C)(OC)C2)cc1. The van der Waals surface area contributed by atoms with E-state index in [-0.39, 0.29) is 5.60 Å². The van der Waals surface area contributed by atoms with E-state index in [4.69, 9.17) is 9.47 Å². The van der Waals surface area contributed by atoms with Gasteiger partial charge in [0.15, 0.2) is 0 Å². The minimum absolute atomic E-state index is 0.0854. The standard InChI is InChI=1S/C16H25NO3/c1-16(20-3)9-4-10-17(12-16)11-15(18)13-5-7-14(19-2)8-6-13/h5-8,15,18H,4,9-12H2,1-3H3. The second-order valence-corrected chi connectivity index (χ2v) is 5.78. The molecule has 2 atom stereocenters. The second kappa shape index (κ2) is 6.57. The van der Waals surface area contributed by atoms with Crippen LogP contribution in [0.5, 0.6) is 5.75 Å². The van der Waals surface area contributed by atoms with Crippen LogP contribution in [-0.4, -0.2) is 49.5 Å². The molecule has 4 heteroatoms. The molecule has 1 N–H and O–H groups in total. The largest absolute Gasteiger partial charge is 0.497 e. The first-order valence-electron chi connectivity index (χ1n) is 7.16. The van der Waals surface area contributed by atoms with Crippen LogP contribution < -0.4 is 4.74 Å². The highest BCUT2D eigenvalue weighted by molar-refractivity contribution is 5.28. The topological polar surface area (TPSA) is 41.9 Å². The summed E-state index contributed by atoms with van der Waals surface area (Å²) < 4.78 is 10.7. The van der Waals surface area contributed by atoms with E-state index >= 15 is 0 Å². The molecule has 1 heterocycles. The number of aliphatic hydroxyl groups excluding tert-OH is 1. The number of methoxy groups -OCH3 is 2. The summed E-state index contributed by atoms with van der Waals surface area (Å²) in [6.45, 7) is 4.67. The van der Waals surface area contributed by atoms with E-state index in [1.54, 1.807) is 14.2 Å². The molecule has 2 rings (SSSR count). The van der Waals surface area contributed by atoms with Crippen molar-refractivity contribution in [2.45, 2.75) is 31.5 Å². The Labute approximate surface area is 121 Å². The van der Waals surface area contributed by atoms with Gasteiger partial charge in [0.25, 0.3) is 0 Å². The summed E-state index contributed by atoms with van der Waals surface area (Å²) in [6.07, 6.45) is 1.72. The Bertz CT molecular complexity index is 420. The van der Waals surface area contributed by atoms with Crippen LogP contribution >= 0.6 is 0 Å². The van der Waals surface area contributed by atoms with Gasteiger partial charge in [0, 0.05) is 20.2 Å². The van der Waals surface area contributed by atoms with E-state index in [0.717, 1.165) is 37.2 Å². The third-order valence-electron chi connectivity index (χ3n) is 4.16. The molecule has 2 unspecified atom stereocenters. The van der Waals surface area contributed by atoms with Gasteiger partial charge in [-0.1, -0.05) is 12.1 Å². The molecule has 0 aliphatic carbocycles. The molecule has 112 valence electrons. The van der Waals surface area contributed by atoms with Gasteiger partial charge in [0.2, 0.25) is 0 Å². The number of aliphatic hydroxyl groups is 1. The zero-order valence-corrected chi connectivity index (χ0v) is 12.6. The summed E-state index contributed by atoms with van der Waals surface area (Å²) in [5.41, 5.74) is 0.841. The van der Waals surface area contributed by atoms with E-state index in [9.17, 15) is 5.11 Å². The average molecular weight is 279 g/mol. The second-order valence-electron chi connectivity index (χ2n) is 5.78. The van der Waals surface area contributed by atoms with E-state index in [1.807, 2.05) is 24.3 Å². The highest BCUT2D eigenvalue weighted by atomic mass is 16.5. The monoisotopic (exact) mass is 279 g/mol. The van der Waals surface area contributed by atoms with Gasteiger partial charge >= 0.3 is 0 Å². The number of nitrogens with zero attached hydrogens (tertiary/aromatic N) is 1. The predicted molar refractivity (Wildman–Crippen MR) is 79.0 cm³/mol. The first kappa shape index (κ1) is 15.3. The molecule has 0 aromatic heterocycles. The van der Waals surface area contributed by atoms with Crippen LogP contribution in [0.4, 0.5) is 0 Å². The summed E-state index contributed by atoms with van der Waals surface area (Å²) in [6, 6.07) is 7.61. The van der Waals surface area contributed by atoms with Crippen molar-refractivity contribution >= 4 is 0 Å². The summed E-state index contributed by atoms with van der Waals surface area (Å²) in [5.74, 6) is 0.811. The molecule has 0 spiro atoms. The molecule has 0 bridgehead atoms. The fourth-order valence-electron chi connectivity index (χ4n) is 2.81. The molecule has 20 heavy (non-hydrogen) atoms. The van der Waals surface area contributed by atoms with Crippen molar-refractivity contribution in [3.05, 3.63) is 29.8 Å². The maximum absolute atomic E-state index is 10.4. The fourth-order valence-corrected chi connectivity index (χ4v) is 2.81. The van der Waals surface area contributed by atoms with Crippen molar-refractivity contribution in [2.24, 2.45) is 0 Å². The average Bonchev–Trinajstić information content (AvgIpc) is 2.47. The van der Waals surface area contributed by atoms with Gasteiger partial charge in [0.05, 0.1) is 18.8 Å². The van der Waals surface area contributed by atoms with Gasteiger partial charge in [-0.05, 0) is 44.0 Å². The number of piperidine rings is 1. The fraction of sp³-hybridized carbons (Fsp3) is 0.625. The van der Waals surface area contributed by atoms with Gasteiger partial charge in [0.1, 0.15) is 5.75 Å². The Morgan fingerprint density at radius 3 is 2.60 bits per heavy atom. The molecule has 0 radical (unpaired) electrons. The molecule has 1 fully saturated rings. The Balaban J connectivity index is 1.94. The van der Waals surface area contributed by atoms with E-state index in [2.05, 4.69) is 11.8 Å². The molecule has 1 aromatic carbocycles. The predicted octanol–water partition coefficient (Wildman–Crippen LogP) is 2.23. The van der Waals surface area contributed by atoms with Crippen molar-refractivity contribution < 1.29 is 14.6 Å². The van der Waals surface area contributed by atoms with E-state index in [1.165, 1.54) is 0 Å². The first-order chi connectivity index (χ1) is 9.56. The minimum Gasteiger partial charge on any atom is -0.497 e. The third kappa shape index (κ3) is 3.72. The van der Waals surface area contributed by atoms with Gasteiger partial charge in [-0.25, -0.2) is 0 Å². The molecular weight excluding hydrogens is 254 g/mol. The van der Waals surface area contributed by atoms with Crippen molar-refractivity contribution in [1.82, 2.24) is 4.90 Å². The number of hydrogen-bond donors (Lipinski definition) is 1. The lowest BCUT2D eigenvalue weighted by Gasteiger charge is -2.40. The molecule has 0 amide bonds. The quantitative estimate of drug-likeness (QED) is 0.897. The molecule has 1 saturated heterocycles. The number of hydrogen-bond acceptors (Lipinski definition) is 4. The third-order valence-corrected chi connectivity index (χ3v) is 4.16. The maximum Gasteiger partial charge on any atom is 0.118 e. The highest BCUT2D eigenvalue weighted by Crippen LogP contribution is 2.26. The lowest BCUT2D eigenvalue weighted by atomic mass is 9.94. The highest BCUT2D eigenvalue weighted by Gasteiger charge is 2.31. The molecule has 1 aliphatic heterocycles. The van der Waals surface area contributed by atoms with Gasteiger partial charge in [-0.2, -0.15) is 0 Å². The summed E-state index contributed by atoms with van der Waals surface area (Å²) in [7, 11) is 3.41. The van der Waals surface area contributed by atoms with Crippen LogP contribution in [0.25, 0.3) is 0 Å². The lowest BCUT2D eigenvalue weighted by Crippen LogP contribution is -2.48. The Kier molecular flexibility index (Phi) is 5.02. The van der Waals surface area contributed by atoms with Crippen LogP contribution in [0.3, 0.4) is 0 Å². The van der Waals surface area contributed by atoms with E-state index in [0.29, 0.717) is 6.54 Å². The summed E-state index contributed by atoms with van der Waals surface area (Å²) in [4.78, 5) is 2.28. The van der Waals surface area contributed by atoms with Crippen LogP contribution in [0.15, 0.2) is 24.3 Å². The van der Waals surface area contributed by atoms with Crippen molar-refractivity contribution in [3.63, 3.8) is 0 Å². The van der Waals surface area contributed by atoms with Crippen molar-refractivity contribution in [3.8, 4) is 5.75 Å². The number of rotatable bonds is 5. The number of β-amino-alcohol motifs (C(OH)–C–C–N with tert-alkyl or cyclic N) is 1. The van der Waals surface area contributed by atoms with Crippen molar-refractivity contribution in [1.29, 1.82) is 0 Å². The summed E-state index contributed by atoms with van der Waals surface area (Å²) in [5, 5.41) is 10.4. The van der Waals surface area contributed by atoms with Crippen molar-refractivity contribution in [2.75, 3.05) is 33.9 Å². The van der Waals surface area contributed by atoms with E-state index < -0.39 is 6.10 Å². The molecular formula is C16H25NO3. The smallest absolute Gasteiger partial charge is 0.118 e. The normalized spacial score (nSPS) is 25.4. The van der Waals surface area contributed by atoms with Crippen LogP contribution in [0, 0.1) is 0 Å². The lowest BCUT2D eigenvalue weighted by molar-refractivity contribution is -0.0586. The molecule has 4 nitrogen and oxygen atoms in total. The van der Waals surface area contributed by atoms with Gasteiger partial charge < -0.3 is 14.6 Å². The zero-order valence-electron chi connectivity index (χ0n) is 12.6. The zero-order chi connectivity index (χ0) is 14.6. The number of benzene rings is 1. The maximum atomic E-state index is 10.4. The Morgan fingerprint density at radius 2 is 2.00 bits per heavy atom. The van der Waals surface area contributed by atoms with Gasteiger partial charge in [-0.15, -0.1) is 0 Å². The Hall–Kier alpha value is -1.10. The molecule has 1 aromatic rings. The molecule has 1 aliphatic rings. The molecule has 0 saturated carbocycles. The number of ether oxygens (including phenoxy) is 2.